The summed E-state index contributed by atoms with van der Waals surface area (Å²) in [6.07, 6.45) is 0.823. The summed E-state index contributed by atoms with van der Waals surface area (Å²) in [5.41, 5.74) is 0.559. The fourth-order valence-corrected chi connectivity index (χ4v) is 1.86. The summed E-state index contributed by atoms with van der Waals surface area (Å²) >= 11 is 0. The van der Waals surface area contributed by atoms with Gasteiger partial charge in [-0.05, 0) is 30.7 Å². The van der Waals surface area contributed by atoms with Gasteiger partial charge in [0, 0.05) is 13.1 Å². The third-order valence-electron chi connectivity index (χ3n) is 2.88. The number of nitrogens with one attached hydrogen (secondary N) is 2. The topological polar surface area (TPSA) is 41.1 Å². The Morgan fingerprint density at radius 3 is 2.78 bits per heavy atom. The number of rotatable bonds is 3. The third kappa shape index (κ3) is 3.65. The zero-order valence-electron chi connectivity index (χ0n) is 9.71. The van der Waals surface area contributed by atoms with Crippen LogP contribution in [0.15, 0.2) is 18.2 Å². The Morgan fingerprint density at radius 2 is 2.17 bits per heavy atom. The van der Waals surface area contributed by atoms with Crippen molar-refractivity contribution in [2.75, 3.05) is 13.1 Å². The molecule has 0 aliphatic carbocycles. The average Bonchev–Trinajstić information content (AvgIpc) is 2.84. The molecule has 0 spiro atoms. The Morgan fingerprint density at radius 1 is 1.39 bits per heavy atom. The van der Waals surface area contributed by atoms with Crippen molar-refractivity contribution in [2.24, 2.45) is 5.92 Å². The molecule has 1 aliphatic rings. The minimum atomic E-state index is -0.890. The lowest BCUT2D eigenvalue weighted by Crippen LogP contribution is -2.31. The highest BCUT2D eigenvalue weighted by atomic mass is 35.5. The van der Waals surface area contributed by atoms with Gasteiger partial charge in [0.25, 0.3) is 0 Å². The first-order valence-electron chi connectivity index (χ1n) is 5.59. The molecule has 1 aromatic carbocycles. The minimum absolute atomic E-state index is 0. The van der Waals surface area contributed by atoms with Crippen molar-refractivity contribution in [1.82, 2.24) is 10.6 Å². The summed E-state index contributed by atoms with van der Waals surface area (Å²) in [4.78, 5) is 11.7. The summed E-state index contributed by atoms with van der Waals surface area (Å²) in [6.45, 7) is 1.76. The summed E-state index contributed by atoms with van der Waals surface area (Å²) in [5.74, 6) is -1.82. The summed E-state index contributed by atoms with van der Waals surface area (Å²) in [6, 6.07) is 3.63. The number of carbonyl (C=O) groups is 1. The van der Waals surface area contributed by atoms with Crippen molar-refractivity contribution in [3.8, 4) is 0 Å². The second-order valence-electron chi connectivity index (χ2n) is 4.16. The highest BCUT2D eigenvalue weighted by Crippen LogP contribution is 2.10. The SMILES string of the molecule is Cl.O=C(NCc1ccc(F)c(F)c1)C1CCNC1. The van der Waals surface area contributed by atoms with Crippen molar-refractivity contribution in [3.63, 3.8) is 0 Å². The van der Waals surface area contributed by atoms with Gasteiger partial charge in [-0.15, -0.1) is 12.4 Å². The van der Waals surface area contributed by atoms with Gasteiger partial charge >= 0.3 is 0 Å². The summed E-state index contributed by atoms with van der Waals surface area (Å²) in [5, 5.41) is 5.82. The molecule has 2 rings (SSSR count). The Labute approximate surface area is 110 Å². The summed E-state index contributed by atoms with van der Waals surface area (Å²) < 4.78 is 25.6. The fourth-order valence-electron chi connectivity index (χ4n) is 1.86. The third-order valence-corrected chi connectivity index (χ3v) is 2.88. The van der Waals surface area contributed by atoms with E-state index in [2.05, 4.69) is 10.6 Å². The largest absolute Gasteiger partial charge is 0.352 e. The first-order valence-corrected chi connectivity index (χ1v) is 5.59. The first kappa shape index (κ1) is 14.9. The van der Waals surface area contributed by atoms with Crippen molar-refractivity contribution in [2.45, 2.75) is 13.0 Å². The van der Waals surface area contributed by atoms with Gasteiger partial charge < -0.3 is 10.6 Å². The molecule has 1 aromatic rings. The molecule has 1 aliphatic heterocycles. The number of benzene rings is 1. The Kier molecular flexibility index (Phi) is 5.50. The van der Waals surface area contributed by atoms with E-state index in [9.17, 15) is 13.6 Å². The molecule has 1 heterocycles. The van der Waals surface area contributed by atoms with Gasteiger partial charge in [-0.3, -0.25) is 4.79 Å². The second-order valence-corrected chi connectivity index (χ2v) is 4.16. The lowest BCUT2D eigenvalue weighted by molar-refractivity contribution is -0.124. The lowest BCUT2D eigenvalue weighted by atomic mass is 10.1. The number of amides is 1. The zero-order chi connectivity index (χ0) is 12.3. The van der Waals surface area contributed by atoms with Crippen LogP contribution in [0.25, 0.3) is 0 Å². The van der Waals surface area contributed by atoms with Crippen molar-refractivity contribution < 1.29 is 13.6 Å². The predicted octanol–water partition coefficient (Wildman–Crippen LogP) is 1.61. The van der Waals surface area contributed by atoms with Crippen molar-refractivity contribution in [3.05, 3.63) is 35.4 Å². The van der Waals surface area contributed by atoms with E-state index in [0.29, 0.717) is 12.1 Å². The van der Waals surface area contributed by atoms with Crippen LogP contribution < -0.4 is 10.6 Å². The van der Waals surface area contributed by atoms with Crippen LogP contribution in [0, 0.1) is 17.6 Å². The molecule has 18 heavy (non-hydrogen) atoms. The van der Waals surface area contributed by atoms with E-state index in [1.165, 1.54) is 6.07 Å². The molecule has 1 saturated heterocycles. The Hall–Kier alpha value is -1.20. The number of hydrogen-bond donors (Lipinski definition) is 2. The number of carbonyl (C=O) groups excluding carboxylic acids is 1. The second kappa shape index (κ2) is 6.66. The molecular formula is C12H15ClF2N2O. The van der Waals surface area contributed by atoms with Gasteiger partial charge in [-0.2, -0.15) is 0 Å². The van der Waals surface area contributed by atoms with E-state index >= 15 is 0 Å². The van der Waals surface area contributed by atoms with Crippen molar-refractivity contribution >= 4 is 18.3 Å². The van der Waals surface area contributed by atoms with Gasteiger partial charge in [0.15, 0.2) is 11.6 Å². The van der Waals surface area contributed by atoms with Gasteiger partial charge in [0.2, 0.25) is 5.91 Å². The molecule has 3 nitrogen and oxygen atoms in total. The van der Waals surface area contributed by atoms with Gasteiger partial charge in [-0.25, -0.2) is 8.78 Å². The molecular weight excluding hydrogens is 262 g/mol. The minimum Gasteiger partial charge on any atom is -0.352 e. The average molecular weight is 277 g/mol. The van der Waals surface area contributed by atoms with Crippen LogP contribution in [-0.4, -0.2) is 19.0 Å². The number of halogens is 3. The highest BCUT2D eigenvalue weighted by Gasteiger charge is 2.21. The van der Waals surface area contributed by atoms with Crippen molar-refractivity contribution in [1.29, 1.82) is 0 Å². The Bertz CT molecular complexity index is 423. The van der Waals surface area contributed by atoms with Crippen LogP contribution in [0.1, 0.15) is 12.0 Å². The maximum Gasteiger partial charge on any atom is 0.224 e. The van der Waals surface area contributed by atoms with E-state index in [4.69, 9.17) is 0 Å². The van der Waals surface area contributed by atoms with Crippen LogP contribution in [-0.2, 0) is 11.3 Å². The fraction of sp³-hybridized carbons (Fsp3) is 0.417. The van der Waals surface area contributed by atoms with E-state index in [1.807, 2.05) is 0 Å². The first-order chi connectivity index (χ1) is 8.16. The lowest BCUT2D eigenvalue weighted by Gasteiger charge is -2.09. The maximum absolute atomic E-state index is 12.9. The molecule has 2 N–H and O–H groups in total. The van der Waals surface area contributed by atoms with Crippen LogP contribution in [0.4, 0.5) is 8.78 Å². The smallest absolute Gasteiger partial charge is 0.224 e. The monoisotopic (exact) mass is 276 g/mol. The highest BCUT2D eigenvalue weighted by molar-refractivity contribution is 5.85. The molecule has 1 atom stereocenters. The van der Waals surface area contributed by atoms with Gasteiger partial charge in [0.05, 0.1) is 5.92 Å². The molecule has 1 amide bonds. The standard InChI is InChI=1S/C12H14F2N2O.ClH/c13-10-2-1-8(5-11(10)14)6-16-12(17)9-3-4-15-7-9;/h1-2,5,9,15H,3-4,6-7H2,(H,16,17);1H. The summed E-state index contributed by atoms with van der Waals surface area (Å²) in [7, 11) is 0. The quantitative estimate of drug-likeness (QED) is 0.881. The normalized spacial score (nSPS) is 18.2. The van der Waals surface area contributed by atoms with Crippen LogP contribution in [0.3, 0.4) is 0 Å². The zero-order valence-corrected chi connectivity index (χ0v) is 10.5. The molecule has 1 unspecified atom stereocenters. The molecule has 0 bridgehead atoms. The molecule has 6 heteroatoms. The van der Waals surface area contributed by atoms with Crippen LogP contribution >= 0.6 is 12.4 Å². The van der Waals surface area contributed by atoms with Gasteiger partial charge in [-0.1, -0.05) is 6.07 Å². The van der Waals surface area contributed by atoms with Gasteiger partial charge in [0.1, 0.15) is 0 Å². The van der Waals surface area contributed by atoms with E-state index in [0.717, 1.165) is 25.1 Å². The molecule has 0 aromatic heterocycles. The molecule has 1 fully saturated rings. The maximum atomic E-state index is 12.9. The van der Waals surface area contributed by atoms with E-state index in [-0.39, 0.29) is 30.8 Å². The predicted molar refractivity (Wildman–Crippen MR) is 66.4 cm³/mol. The van der Waals surface area contributed by atoms with Crippen LogP contribution in [0.2, 0.25) is 0 Å². The molecule has 100 valence electrons. The number of hydrogen-bond acceptors (Lipinski definition) is 2. The van der Waals surface area contributed by atoms with E-state index < -0.39 is 11.6 Å². The Balaban J connectivity index is 0.00000162. The molecule has 0 radical (unpaired) electrons. The molecule has 0 saturated carbocycles. The van der Waals surface area contributed by atoms with E-state index in [1.54, 1.807) is 0 Å². The van der Waals surface area contributed by atoms with Crippen LogP contribution in [0.5, 0.6) is 0 Å².